The normalized spacial score (nSPS) is 13.9. The number of nitrogens with zero attached hydrogens (tertiary/aromatic N) is 2. The first-order chi connectivity index (χ1) is 15.0. The fourth-order valence-electron chi connectivity index (χ4n) is 3.54. The third-order valence-electron chi connectivity index (χ3n) is 5.15. The number of anilines is 1. The standard InChI is InChI=1S/C22H24N4O2.C2H4O/c1-24-18-5-2-15(3-6-18)20-13-17(14-26-8-10-28-11-9-26)19-7-4-16(22(23)27)12-21(19)25-20;1-2-3/h2-7,12-13,24H,8-11,14H2,1H3,(H2,23,27);2H,1H3. The first-order valence-electron chi connectivity index (χ1n) is 10.3. The summed E-state index contributed by atoms with van der Waals surface area (Å²) in [6.45, 7) is 5.60. The van der Waals surface area contributed by atoms with Gasteiger partial charge in [0, 0.05) is 48.9 Å². The summed E-state index contributed by atoms with van der Waals surface area (Å²) in [7, 11) is 1.90. The first kappa shape index (κ1) is 22.4. The Hall–Kier alpha value is -3.29. The lowest BCUT2D eigenvalue weighted by Gasteiger charge is -2.27. The van der Waals surface area contributed by atoms with E-state index >= 15 is 0 Å². The van der Waals surface area contributed by atoms with Crippen molar-refractivity contribution >= 4 is 28.8 Å². The number of benzene rings is 2. The zero-order valence-electron chi connectivity index (χ0n) is 17.9. The van der Waals surface area contributed by atoms with Gasteiger partial charge in [-0.25, -0.2) is 4.98 Å². The number of aromatic nitrogens is 1. The van der Waals surface area contributed by atoms with Crippen LogP contribution >= 0.6 is 0 Å². The summed E-state index contributed by atoms with van der Waals surface area (Å²) in [5, 5.41) is 4.18. The maximum atomic E-state index is 11.6. The lowest BCUT2D eigenvalue weighted by molar-refractivity contribution is -0.106. The largest absolute Gasteiger partial charge is 0.388 e. The smallest absolute Gasteiger partial charge is 0.248 e. The Balaban J connectivity index is 0.000000858. The van der Waals surface area contributed by atoms with Crippen molar-refractivity contribution in [3.05, 3.63) is 59.7 Å². The van der Waals surface area contributed by atoms with E-state index < -0.39 is 5.91 Å². The number of carbonyl (C=O) groups excluding carboxylic acids is 2. The predicted octanol–water partition coefficient (Wildman–Crippen LogP) is 3.08. The Labute approximate surface area is 182 Å². The minimum Gasteiger partial charge on any atom is -0.388 e. The van der Waals surface area contributed by atoms with Gasteiger partial charge in [-0.3, -0.25) is 9.69 Å². The van der Waals surface area contributed by atoms with Crippen LogP contribution in [0, 0.1) is 0 Å². The lowest BCUT2D eigenvalue weighted by atomic mass is 10.0. The molecule has 1 aromatic heterocycles. The maximum Gasteiger partial charge on any atom is 0.248 e. The van der Waals surface area contributed by atoms with Gasteiger partial charge < -0.3 is 20.6 Å². The molecular formula is C24H28N4O3. The summed E-state index contributed by atoms with van der Waals surface area (Å²) in [5.74, 6) is -0.442. The average Bonchev–Trinajstić information content (AvgIpc) is 2.80. The molecule has 0 atom stereocenters. The van der Waals surface area contributed by atoms with Crippen LogP contribution in [-0.2, 0) is 16.1 Å². The molecule has 1 aliphatic heterocycles. The number of fused-ring (bicyclic) bond motifs is 1. The molecule has 1 fully saturated rings. The number of hydrogen-bond acceptors (Lipinski definition) is 6. The van der Waals surface area contributed by atoms with E-state index in [1.807, 2.05) is 25.2 Å². The summed E-state index contributed by atoms with van der Waals surface area (Å²) >= 11 is 0. The van der Waals surface area contributed by atoms with E-state index in [0.717, 1.165) is 67.0 Å². The Morgan fingerprint density at radius 1 is 1.16 bits per heavy atom. The summed E-state index contributed by atoms with van der Waals surface area (Å²) in [4.78, 5) is 27.7. The number of amides is 1. The van der Waals surface area contributed by atoms with Crippen molar-refractivity contribution in [1.82, 2.24) is 9.88 Å². The highest BCUT2D eigenvalue weighted by Gasteiger charge is 2.15. The van der Waals surface area contributed by atoms with Gasteiger partial charge in [0.15, 0.2) is 0 Å². The van der Waals surface area contributed by atoms with Crippen LogP contribution in [0.1, 0.15) is 22.8 Å². The molecule has 4 rings (SSSR count). The monoisotopic (exact) mass is 420 g/mol. The minimum atomic E-state index is -0.442. The number of primary amides is 1. The van der Waals surface area contributed by atoms with Gasteiger partial charge in [0.1, 0.15) is 6.29 Å². The third kappa shape index (κ3) is 5.65. The number of aldehydes is 1. The third-order valence-corrected chi connectivity index (χ3v) is 5.15. The van der Waals surface area contributed by atoms with Gasteiger partial charge in [0.05, 0.1) is 24.4 Å². The van der Waals surface area contributed by atoms with Crippen molar-refractivity contribution in [3.63, 3.8) is 0 Å². The number of nitrogens with one attached hydrogen (secondary N) is 1. The summed E-state index contributed by atoms with van der Waals surface area (Å²) in [5.41, 5.74) is 10.9. The number of morpholine rings is 1. The Morgan fingerprint density at radius 2 is 1.84 bits per heavy atom. The van der Waals surface area contributed by atoms with Gasteiger partial charge >= 0.3 is 0 Å². The maximum absolute atomic E-state index is 11.6. The van der Waals surface area contributed by atoms with E-state index in [9.17, 15) is 4.79 Å². The van der Waals surface area contributed by atoms with E-state index in [1.54, 1.807) is 12.1 Å². The van der Waals surface area contributed by atoms with Crippen molar-refractivity contribution in [2.75, 3.05) is 38.7 Å². The zero-order valence-corrected chi connectivity index (χ0v) is 17.9. The molecule has 2 aromatic carbocycles. The van der Waals surface area contributed by atoms with E-state index in [0.29, 0.717) is 5.56 Å². The molecule has 3 N–H and O–H groups in total. The number of ether oxygens (including phenoxy) is 1. The van der Waals surface area contributed by atoms with Crippen LogP contribution in [0.15, 0.2) is 48.5 Å². The molecule has 0 spiro atoms. The van der Waals surface area contributed by atoms with Crippen LogP contribution in [0.3, 0.4) is 0 Å². The highest BCUT2D eigenvalue weighted by atomic mass is 16.5. The molecule has 1 amide bonds. The van der Waals surface area contributed by atoms with E-state index in [1.165, 1.54) is 12.5 Å². The molecule has 0 unspecified atom stereocenters. The second-order valence-electron chi connectivity index (χ2n) is 7.21. The van der Waals surface area contributed by atoms with Crippen LogP contribution in [0.25, 0.3) is 22.2 Å². The molecule has 7 heteroatoms. The van der Waals surface area contributed by atoms with E-state index in [-0.39, 0.29) is 0 Å². The number of rotatable bonds is 5. The van der Waals surface area contributed by atoms with Crippen molar-refractivity contribution < 1.29 is 14.3 Å². The van der Waals surface area contributed by atoms with Gasteiger partial charge in [0.2, 0.25) is 5.91 Å². The number of carbonyl (C=O) groups is 2. The van der Waals surface area contributed by atoms with Gasteiger partial charge in [-0.05, 0) is 42.8 Å². The summed E-state index contributed by atoms with van der Waals surface area (Å²) < 4.78 is 5.47. The second-order valence-corrected chi connectivity index (χ2v) is 7.21. The quantitative estimate of drug-likeness (QED) is 0.616. The number of hydrogen-bond donors (Lipinski definition) is 2. The van der Waals surface area contributed by atoms with Crippen LogP contribution < -0.4 is 11.1 Å². The highest BCUT2D eigenvalue weighted by Crippen LogP contribution is 2.27. The predicted molar refractivity (Wildman–Crippen MR) is 123 cm³/mol. The molecule has 0 saturated carbocycles. The van der Waals surface area contributed by atoms with Crippen LogP contribution in [0.4, 0.5) is 5.69 Å². The van der Waals surface area contributed by atoms with Crippen molar-refractivity contribution in [2.45, 2.75) is 13.5 Å². The van der Waals surface area contributed by atoms with Crippen molar-refractivity contribution in [1.29, 1.82) is 0 Å². The van der Waals surface area contributed by atoms with E-state index in [2.05, 4.69) is 28.4 Å². The Morgan fingerprint density at radius 3 is 2.45 bits per heavy atom. The molecule has 3 aromatic rings. The molecule has 2 heterocycles. The molecule has 162 valence electrons. The molecule has 0 bridgehead atoms. The van der Waals surface area contributed by atoms with Crippen LogP contribution in [-0.4, -0.2) is 55.4 Å². The van der Waals surface area contributed by atoms with Gasteiger partial charge in [-0.2, -0.15) is 0 Å². The molecular weight excluding hydrogens is 392 g/mol. The molecule has 1 saturated heterocycles. The first-order valence-corrected chi connectivity index (χ1v) is 10.3. The average molecular weight is 421 g/mol. The fourth-order valence-corrected chi connectivity index (χ4v) is 3.54. The summed E-state index contributed by atoms with van der Waals surface area (Å²) in [6, 6.07) is 15.8. The number of nitrogens with two attached hydrogens (primary N) is 1. The van der Waals surface area contributed by atoms with Crippen LogP contribution in [0.5, 0.6) is 0 Å². The van der Waals surface area contributed by atoms with Gasteiger partial charge in [-0.15, -0.1) is 0 Å². The summed E-state index contributed by atoms with van der Waals surface area (Å²) in [6.07, 6.45) is 0.750. The van der Waals surface area contributed by atoms with Gasteiger partial charge in [0.25, 0.3) is 0 Å². The molecule has 0 aliphatic carbocycles. The lowest BCUT2D eigenvalue weighted by Crippen LogP contribution is -2.35. The van der Waals surface area contributed by atoms with Crippen molar-refractivity contribution in [2.24, 2.45) is 5.73 Å². The topological polar surface area (TPSA) is 97.5 Å². The minimum absolute atomic E-state index is 0.442. The van der Waals surface area contributed by atoms with E-state index in [4.69, 9.17) is 20.2 Å². The number of pyridine rings is 1. The van der Waals surface area contributed by atoms with Crippen LogP contribution in [0.2, 0.25) is 0 Å². The molecule has 31 heavy (non-hydrogen) atoms. The fraction of sp³-hybridized carbons (Fsp3) is 0.292. The Bertz CT molecular complexity index is 1040. The molecule has 7 nitrogen and oxygen atoms in total. The highest BCUT2D eigenvalue weighted by molar-refractivity contribution is 5.97. The van der Waals surface area contributed by atoms with Gasteiger partial charge in [-0.1, -0.05) is 18.2 Å². The molecule has 1 aliphatic rings. The second kappa shape index (κ2) is 10.7. The Kier molecular flexibility index (Phi) is 7.70. The molecule has 0 radical (unpaired) electrons. The SMILES string of the molecule is CC=O.CNc1ccc(-c2cc(CN3CCOCC3)c3ccc(C(N)=O)cc3n2)cc1. The van der Waals surface area contributed by atoms with Crippen molar-refractivity contribution in [3.8, 4) is 11.3 Å². The zero-order chi connectivity index (χ0) is 22.2.